The van der Waals surface area contributed by atoms with Crippen molar-refractivity contribution in [3.05, 3.63) is 41.3 Å². The number of nitrogens with zero attached hydrogens (tertiary/aromatic N) is 3. The molecule has 0 unspecified atom stereocenters. The highest BCUT2D eigenvalue weighted by atomic mass is 16.1. The predicted octanol–water partition coefficient (Wildman–Crippen LogP) is 4.01. The van der Waals surface area contributed by atoms with Crippen molar-refractivity contribution < 1.29 is 4.79 Å². The molecule has 0 aliphatic rings. The second kappa shape index (κ2) is 8.65. The highest BCUT2D eigenvalue weighted by molar-refractivity contribution is 6.03. The molecule has 0 bridgehead atoms. The lowest BCUT2D eigenvalue weighted by Crippen LogP contribution is -2.22. The normalized spacial score (nSPS) is 10.7. The van der Waals surface area contributed by atoms with Gasteiger partial charge in [-0.05, 0) is 65.3 Å². The first-order chi connectivity index (χ1) is 12.3. The van der Waals surface area contributed by atoms with E-state index in [1.807, 2.05) is 32.9 Å². The molecule has 1 heterocycles. The van der Waals surface area contributed by atoms with E-state index in [9.17, 15) is 4.79 Å². The van der Waals surface area contributed by atoms with Crippen LogP contribution >= 0.6 is 0 Å². The Morgan fingerprint density at radius 2 is 1.81 bits per heavy atom. The Kier molecular flexibility index (Phi) is 6.55. The molecule has 2 aromatic rings. The summed E-state index contributed by atoms with van der Waals surface area (Å²) >= 11 is 0. The van der Waals surface area contributed by atoms with Crippen LogP contribution in [-0.4, -0.2) is 35.0 Å². The number of aryl methyl sites for hydroxylation is 2. The van der Waals surface area contributed by atoms with Gasteiger partial charge in [0.25, 0.3) is 5.91 Å². The van der Waals surface area contributed by atoms with Gasteiger partial charge in [-0.1, -0.05) is 0 Å². The molecule has 0 atom stereocenters. The van der Waals surface area contributed by atoms with Gasteiger partial charge in [0, 0.05) is 36.6 Å². The summed E-state index contributed by atoms with van der Waals surface area (Å²) in [5.74, 6) is 0.988. The van der Waals surface area contributed by atoms with Gasteiger partial charge in [0.2, 0.25) is 0 Å². The van der Waals surface area contributed by atoms with E-state index in [2.05, 4.69) is 45.4 Å². The Hall–Kier alpha value is -2.63. The number of carbonyl (C=O) groups is 1. The highest BCUT2D eigenvalue weighted by Crippen LogP contribution is 2.23. The fourth-order valence-electron chi connectivity index (χ4n) is 2.81. The van der Waals surface area contributed by atoms with Crippen LogP contribution in [0.1, 0.15) is 49.6 Å². The maximum Gasteiger partial charge on any atom is 0.274 e. The zero-order valence-corrected chi connectivity index (χ0v) is 16.6. The largest absolute Gasteiger partial charge is 0.372 e. The van der Waals surface area contributed by atoms with Crippen LogP contribution in [0.3, 0.4) is 0 Å². The highest BCUT2D eigenvalue weighted by Gasteiger charge is 2.13. The summed E-state index contributed by atoms with van der Waals surface area (Å²) in [4.78, 5) is 23.5. The quantitative estimate of drug-likeness (QED) is 0.785. The molecule has 0 spiro atoms. The van der Waals surface area contributed by atoms with Crippen LogP contribution in [0.2, 0.25) is 0 Å². The van der Waals surface area contributed by atoms with Crippen LogP contribution in [-0.2, 0) is 0 Å². The number of anilines is 3. The Labute approximate surface area is 156 Å². The number of carbonyl (C=O) groups excluding carboxylic acids is 1. The number of hydrogen-bond acceptors (Lipinski definition) is 5. The third-order valence-electron chi connectivity index (χ3n) is 4.09. The van der Waals surface area contributed by atoms with Crippen molar-refractivity contribution in [2.24, 2.45) is 0 Å². The predicted molar refractivity (Wildman–Crippen MR) is 108 cm³/mol. The fourth-order valence-corrected chi connectivity index (χ4v) is 2.81. The summed E-state index contributed by atoms with van der Waals surface area (Å²) in [6.07, 6.45) is 0. The van der Waals surface area contributed by atoms with Crippen molar-refractivity contribution in [2.45, 2.75) is 47.6 Å². The SMILES string of the molecule is CCN(CC)c1ccc(NC(=O)c2cc(NC(C)C)nc(C)n2)c(C)c1. The number of aromatic nitrogens is 2. The molecular formula is C20H29N5O. The van der Waals surface area contributed by atoms with Gasteiger partial charge in [-0.3, -0.25) is 4.79 Å². The summed E-state index contributed by atoms with van der Waals surface area (Å²) < 4.78 is 0. The first-order valence-corrected chi connectivity index (χ1v) is 9.13. The Bertz CT molecular complexity index is 769. The van der Waals surface area contributed by atoms with Crippen molar-refractivity contribution in [1.29, 1.82) is 0 Å². The van der Waals surface area contributed by atoms with E-state index < -0.39 is 0 Å². The summed E-state index contributed by atoms with van der Waals surface area (Å²) in [6.45, 7) is 14.0. The van der Waals surface area contributed by atoms with Gasteiger partial charge >= 0.3 is 0 Å². The molecule has 0 radical (unpaired) electrons. The topological polar surface area (TPSA) is 70.2 Å². The van der Waals surface area contributed by atoms with Crippen molar-refractivity contribution in [3.63, 3.8) is 0 Å². The van der Waals surface area contributed by atoms with Crippen LogP contribution in [0.4, 0.5) is 17.2 Å². The Morgan fingerprint density at radius 1 is 1.12 bits per heavy atom. The zero-order valence-electron chi connectivity index (χ0n) is 16.6. The molecule has 0 aliphatic heterocycles. The van der Waals surface area contributed by atoms with Gasteiger partial charge in [0.05, 0.1) is 0 Å². The lowest BCUT2D eigenvalue weighted by molar-refractivity contribution is 0.102. The lowest BCUT2D eigenvalue weighted by Gasteiger charge is -2.22. The van der Waals surface area contributed by atoms with E-state index >= 15 is 0 Å². The molecule has 0 aliphatic carbocycles. The minimum Gasteiger partial charge on any atom is -0.372 e. The van der Waals surface area contributed by atoms with Crippen molar-refractivity contribution in [1.82, 2.24) is 9.97 Å². The van der Waals surface area contributed by atoms with Gasteiger partial charge in [0.1, 0.15) is 17.3 Å². The van der Waals surface area contributed by atoms with E-state index in [0.717, 1.165) is 30.0 Å². The molecule has 0 saturated carbocycles. The minimum atomic E-state index is -0.235. The maximum atomic E-state index is 12.6. The molecule has 6 nitrogen and oxygen atoms in total. The molecule has 2 rings (SSSR count). The van der Waals surface area contributed by atoms with Crippen molar-refractivity contribution in [2.75, 3.05) is 28.6 Å². The smallest absolute Gasteiger partial charge is 0.274 e. The van der Waals surface area contributed by atoms with Crippen molar-refractivity contribution >= 4 is 23.1 Å². The van der Waals surface area contributed by atoms with Crippen LogP contribution in [0.5, 0.6) is 0 Å². The molecular weight excluding hydrogens is 326 g/mol. The van der Waals surface area contributed by atoms with Crippen LogP contribution in [0.25, 0.3) is 0 Å². The standard InChI is InChI=1S/C20H29N5O/c1-7-25(8-2)16-9-10-17(14(5)11-16)24-20(26)18-12-19(21-13(3)4)23-15(6)22-18/h9-13H,7-8H2,1-6H3,(H,24,26)(H,21,22,23). The molecule has 140 valence electrons. The summed E-state index contributed by atoms with van der Waals surface area (Å²) in [7, 11) is 0. The van der Waals surface area contributed by atoms with E-state index in [-0.39, 0.29) is 11.9 Å². The molecule has 6 heteroatoms. The van der Waals surface area contributed by atoms with E-state index in [1.165, 1.54) is 0 Å². The molecule has 0 fully saturated rings. The third kappa shape index (κ3) is 4.94. The van der Waals surface area contributed by atoms with E-state index in [0.29, 0.717) is 17.3 Å². The first-order valence-electron chi connectivity index (χ1n) is 9.13. The van der Waals surface area contributed by atoms with Gasteiger partial charge in [-0.15, -0.1) is 0 Å². The summed E-state index contributed by atoms with van der Waals surface area (Å²) in [5, 5.41) is 6.17. The molecule has 1 aromatic carbocycles. The number of nitrogens with one attached hydrogen (secondary N) is 2. The number of amides is 1. The first kappa shape index (κ1) is 19.7. The zero-order chi connectivity index (χ0) is 19.3. The van der Waals surface area contributed by atoms with Gasteiger partial charge in [-0.2, -0.15) is 0 Å². The van der Waals surface area contributed by atoms with Gasteiger partial charge < -0.3 is 15.5 Å². The average molecular weight is 355 g/mol. The number of hydrogen-bond donors (Lipinski definition) is 2. The van der Waals surface area contributed by atoms with E-state index in [4.69, 9.17) is 0 Å². The third-order valence-corrected chi connectivity index (χ3v) is 4.09. The molecule has 2 N–H and O–H groups in total. The van der Waals surface area contributed by atoms with E-state index in [1.54, 1.807) is 13.0 Å². The summed E-state index contributed by atoms with van der Waals surface area (Å²) in [5.41, 5.74) is 3.33. The fraction of sp³-hybridized carbons (Fsp3) is 0.450. The second-order valence-electron chi connectivity index (χ2n) is 6.61. The van der Waals surface area contributed by atoms with Crippen LogP contribution < -0.4 is 15.5 Å². The number of benzene rings is 1. The average Bonchev–Trinajstić information content (AvgIpc) is 2.57. The molecule has 1 aromatic heterocycles. The minimum absolute atomic E-state index is 0.232. The number of rotatable bonds is 7. The van der Waals surface area contributed by atoms with Gasteiger partial charge in [0.15, 0.2) is 0 Å². The lowest BCUT2D eigenvalue weighted by atomic mass is 10.1. The van der Waals surface area contributed by atoms with Crippen LogP contribution in [0.15, 0.2) is 24.3 Å². The van der Waals surface area contributed by atoms with Gasteiger partial charge in [-0.25, -0.2) is 9.97 Å². The second-order valence-corrected chi connectivity index (χ2v) is 6.61. The Morgan fingerprint density at radius 3 is 2.38 bits per heavy atom. The monoisotopic (exact) mass is 355 g/mol. The molecule has 1 amide bonds. The van der Waals surface area contributed by atoms with Crippen LogP contribution in [0, 0.1) is 13.8 Å². The maximum absolute atomic E-state index is 12.6. The Balaban J connectivity index is 2.21. The van der Waals surface area contributed by atoms with Crippen molar-refractivity contribution in [3.8, 4) is 0 Å². The summed E-state index contributed by atoms with van der Waals surface area (Å²) in [6, 6.07) is 7.99. The molecule has 26 heavy (non-hydrogen) atoms. The molecule has 0 saturated heterocycles.